The van der Waals surface area contributed by atoms with Gasteiger partial charge in [0.2, 0.25) is 0 Å². The lowest BCUT2D eigenvalue weighted by molar-refractivity contribution is -0.385. The highest BCUT2D eigenvalue weighted by atomic mass is 79.9. The summed E-state index contributed by atoms with van der Waals surface area (Å²) in [6.45, 7) is 2.20. The molecular weight excluding hydrogens is 390 g/mol. The average molecular weight is 401 g/mol. The molecule has 104 valence electrons. The van der Waals surface area contributed by atoms with Crippen LogP contribution in [-0.4, -0.2) is 9.91 Å². The molecule has 1 aromatic carbocycles. The number of hydrogen-bond acceptors (Lipinski definition) is 4. The first-order valence-corrected chi connectivity index (χ1v) is 7.36. The van der Waals surface area contributed by atoms with Crippen molar-refractivity contribution >= 4 is 43.2 Å². The van der Waals surface area contributed by atoms with Crippen molar-refractivity contribution in [3.05, 3.63) is 60.8 Å². The smallest absolute Gasteiger partial charge is 0.274 e. The third kappa shape index (κ3) is 3.55. The van der Waals surface area contributed by atoms with E-state index in [-0.39, 0.29) is 10.6 Å². The number of hydrogen-bond donors (Lipinski definition) is 1. The van der Waals surface area contributed by atoms with E-state index in [1.165, 1.54) is 6.07 Å². The number of anilines is 1. The summed E-state index contributed by atoms with van der Waals surface area (Å²) in [5, 5.41) is 14.1. The lowest BCUT2D eigenvalue weighted by Gasteiger charge is -2.09. The second-order valence-corrected chi connectivity index (χ2v) is 5.85. The number of halogens is 2. The molecule has 5 nitrogen and oxygen atoms in total. The predicted octanol–water partition coefficient (Wildman–Crippen LogP) is 4.44. The van der Waals surface area contributed by atoms with Crippen LogP contribution in [-0.2, 0) is 6.54 Å². The molecule has 20 heavy (non-hydrogen) atoms. The minimum atomic E-state index is -0.385. The van der Waals surface area contributed by atoms with Crippen LogP contribution >= 0.6 is 31.9 Å². The largest absolute Gasteiger partial charge is 0.378 e. The Morgan fingerprint density at radius 3 is 2.75 bits per heavy atom. The minimum Gasteiger partial charge on any atom is -0.378 e. The van der Waals surface area contributed by atoms with Crippen LogP contribution in [0.25, 0.3) is 0 Å². The van der Waals surface area contributed by atoms with Crippen LogP contribution in [0.5, 0.6) is 0 Å². The lowest BCUT2D eigenvalue weighted by Crippen LogP contribution is -2.03. The summed E-state index contributed by atoms with van der Waals surface area (Å²) >= 11 is 6.71. The van der Waals surface area contributed by atoms with E-state index in [1.54, 1.807) is 13.0 Å². The van der Waals surface area contributed by atoms with Gasteiger partial charge in [0.25, 0.3) is 5.69 Å². The molecule has 0 aliphatic rings. The molecule has 0 saturated carbocycles. The van der Waals surface area contributed by atoms with Gasteiger partial charge < -0.3 is 5.32 Å². The maximum absolute atomic E-state index is 10.9. The molecule has 1 heterocycles. The normalized spacial score (nSPS) is 10.3. The molecule has 0 spiro atoms. The molecule has 0 aliphatic heterocycles. The van der Waals surface area contributed by atoms with Gasteiger partial charge in [-0.05, 0) is 57.0 Å². The molecule has 1 aromatic heterocycles. The fourth-order valence-electron chi connectivity index (χ4n) is 1.73. The van der Waals surface area contributed by atoms with Crippen molar-refractivity contribution in [3.63, 3.8) is 0 Å². The first kappa shape index (κ1) is 14.9. The molecule has 7 heteroatoms. The van der Waals surface area contributed by atoms with E-state index in [1.807, 2.05) is 18.2 Å². The fourth-order valence-corrected chi connectivity index (χ4v) is 2.71. The Hall–Kier alpha value is -1.47. The van der Waals surface area contributed by atoms with E-state index >= 15 is 0 Å². The number of pyridine rings is 1. The third-order valence-electron chi connectivity index (χ3n) is 2.72. The van der Waals surface area contributed by atoms with Gasteiger partial charge in [0.05, 0.1) is 22.8 Å². The topological polar surface area (TPSA) is 68.1 Å². The summed E-state index contributed by atoms with van der Waals surface area (Å²) in [6, 6.07) is 8.87. The van der Waals surface area contributed by atoms with Crippen molar-refractivity contribution in [1.29, 1.82) is 0 Å². The van der Waals surface area contributed by atoms with Gasteiger partial charge in [-0.1, -0.05) is 6.07 Å². The van der Waals surface area contributed by atoms with Crippen LogP contribution in [0.15, 0.2) is 39.4 Å². The molecule has 0 bridgehead atoms. The van der Waals surface area contributed by atoms with Crippen LogP contribution < -0.4 is 5.32 Å². The molecule has 2 rings (SSSR count). The molecule has 0 radical (unpaired) electrons. The Bertz CT molecular complexity index is 662. The van der Waals surface area contributed by atoms with Crippen molar-refractivity contribution in [1.82, 2.24) is 4.98 Å². The maximum atomic E-state index is 10.9. The Kier molecular flexibility index (Phi) is 4.72. The standard InChI is InChI=1S/C13H11Br2N3O2/c1-8-5-10(14)11(6-12(8)18(19)20)16-7-9-3-2-4-13(15)17-9/h2-6,16H,7H2,1H3. The van der Waals surface area contributed by atoms with Crippen LogP contribution in [0.3, 0.4) is 0 Å². The van der Waals surface area contributed by atoms with Gasteiger partial charge in [0, 0.05) is 16.1 Å². The summed E-state index contributed by atoms with van der Waals surface area (Å²) in [7, 11) is 0. The van der Waals surface area contributed by atoms with Gasteiger partial charge in [-0.3, -0.25) is 10.1 Å². The van der Waals surface area contributed by atoms with Crippen molar-refractivity contribution in [3.8, 4) is 0 Å². The van der Waals surface area contributed by atoms with E-state index in [2.05, 4.69) is 42.2 Å². The van der Waals surface area contributed by atoms with Crippen LogP contribution in [0.1, 0.15) is 11.3 Å². The number of nitro groups is 1. The number of aryl methyl sites for hydroxylation is 1. The van der Waals surface area contributed by atoms with E-state index in [0.29, 0.717) is 17.8 Å². The second kappa shape index (κ2) is 6.32. The van der Waals surface area contributed by atoms with E-state index < -0.39 is 0 Å². The second-order valence-electron chi connectivity index (χ2n) is 4.18. The summed E-state index contributed by atoms with van der Waals surface area (Å²) < 4.78 is 1.54. The van der Waals surface area contributed by atoms with Gasteiger partial charge in [-0.2, -0.15) is 0 Å². The number of nitrogens with zero attached hydrogens (tertiary/aromatic N) is 2. The zero-order valence-corrected chi connectivity index (χ0v) is 13.7. The summed E-state index contributed by atoms with van der Waals surface area (Å²) in [5.74, 6) is 0. The maximum Gasteiger partial charge on any atom is 0.274 e. The number of nitro benzene ring substituents is 1. The quantitative estimate of drug-likeness (QED) is 0.468. The molecule has 0 saturated heterocycles. The number of rotatable bonds is 4. The highest BCUT2D eigenvalue weighted by Crippen LogP contribution is 2.30. The van der Waals surface area contributed by atoms with Crippen molar-refractivity contribution in [2.75, 3.05) is 5.32 Å². The molecule has 0 unspecified atom stereocenters. The summed E-state index contributed by atoms with van der Waals surface area (Å²) in [5.41, 5.74) is 2.23. The van der Waals surface area contributed by atoms with E-state index in [9.17, 15) is 10.1 Å². The number of aromatic nitrogens is 1. The fraction of sp³-hybridized carbons (Fsp3) is 0.154. The van der Waals surface area contributed by atoms with E-state index in [0.717, 1.165) is 14.8 Å². The first-order chi connectivity index (χ1) is 9.47. The molecule has 0 fully saturated rings. The van der Waals surface area contributed by atoms with E-state index in [4.69, 9.17) is 0 Å². The Morgan fingerprint density at radius 2 is 2.10 bits per heavy atom. The van der Waals surface area contributed by atoms with Crippen LogP contribution in [0.2, 0.25) is 0 Å². The zero-order valence-electron chi connectivity index (χ0n) is 10.6. The highest BCUT2D eigenvalue weighted by Gasteiger charge is 2.14. The van der Waals surface area contributed by atoms with Gasteiger partial charge in [0.15, 0.2) is 0 Å². The van der Waals surface area contributed by atoms with Gasteiger partial charge in [0.1, 0.15) is 4.60 Å². The van der Waals surface area contributed by atoms with Gasteiger partial charge in [-0.15, -0.1) is 0 Å². The zero-order chi connectivity index (χ0) is 14.7. The Balaban J connectivity index is 2.21. The Labute approximate surface area is 132 Å². The van der Waals surface area contributed by atoms with Crippen molar-refractivity contribution in [2.24, 2.45) is 0 Å². The number of benzene rings is 1. The van der Waals surface area contributed by atoms with Crippen LogP contribution in [0, 0.1) is 17.0 Å². The van der Waals surface area contributed by atoms with Gasteiger partial charge >= 0.3 is 0 Å². The molecule has 0 amide bonds. The molecule has 2 aromatic rings. The summed E-state index contributed by atoms with van der Waals surface area (Å²) in [4.78, 5) is 14.9. The van der Waals surface area contributed by atoms with Gasteiger partial charge in [-0.25, -0.2) is 4.98 Å². The third-order valence-corrected chi connectivity index (χ3v) is 3.81. The average Bonchev–Trinajstić information content (AvgIpc) is 2.37. The monoisotopic (exact) mass is 399 g/mol. The lowest BCUT2D eigenvalue weighted by atomic mass is 10.2. The Morgan fingerprint density at radius 1 is 1.35 bits per heavy atom. The molecule has 0 atom stereocenters. The van der Waals surface area contributed by atoms with Crippen molar-refractivity contribution in [2.45, 2.75) is 13.5 Å². The van der Waals surface area contributed by atoms with Crippen molar-refractivity contribution < 1.29 is 4.92 Å². The number of nitrogens with one attached hydrogen (secondary N) is 1. The molecule has 0 aliphatic carbocycles. The first-order valence-electron chi connectivity index (χ1n) is 5.77. The summed E-state index contributed by atoms with van der Waals surface area (Å²) in [6.07, 6.45) is 0. The minimum absolute atomic E-state index is 0.0953. The predicted molar refractivity (Wildman–Crippen MR) is 84.8 cm³/mol. The molecule has 1 N–H and O–H groups in total. The molecular formula is C13H11Br2N3O2. The van der Waals surface area contributed by atoms with Crippen LogP contribution in [0.4, 0.5) is 11.4 Å². The highest BCUT2D eigenvalue weighted by molar-refractivity contribution is 9.10. The SMILES string of the molecule is Cc1cc(Br)c(NCc2cccc(Br)n2)cc1[N+](=O)[O-].